The molecule has 0 aromatic heterocycles. The van der Waals surface area contributed by atoms with Crippen molar-refractivity contribution < 1.29 is 53.8 Å². The third-order valence-electron chi connectivity index (χ3n) is 9.26. The maximum Gasteiger partial charge on any atom is 0.304 e. The maximum absolute atomic E-state index is 13.9. The van der Waals surface area contributed by atoms with E-state index in [-0.39, 0.29) is 39.4 Å². The first-order valence-corrected chi connectivity index (χ1v) is 17.8. The molecule has 0 unspecified atom stereocenters. The summed E-state index contributed by atoms with van der Waals surface area (Å²) < 4.78 is 25.4. The van der Waals surface area contributed by atoms with Gasteiger partial charge in [-0.3, -0.25) is 14.4 Å². The molecule has 1 amide bonds. The van der Waals surface area contributed by atoms with Gasteiger partial charge in [0.25, 0.3) is 5.91 Å². The first-order chi connectivity index (χ1) is 26.2. The van der Waals surface area contributed by atoms with E-state index in [1.165, 1.54) is 19.3 Å². The Labute approximate surface area is 323 Å². The smallest absolute Gasteiger partial charge is 0.304 e. The molecule has 0 saturated heterocycles. The molecule has 4 rings (SSSR count). The fraction of sp³-hybridized carbons (Fsp3) is 0.429. The molecular formula is C42H55FN2O10. The molecule has 1 aliphatic heterocycles. The van der Waals surface area contributed by atoms with Gasteiger partial charge in [0, 0.05) is 43.1 Å². The number of nitrogens with zero attached hydrogens (tertiary/aromatic N) is 1. The molecular weight excluding hydrogens is 711 g/mol. The number of ether oxygens (including phenoxy) is 2. The quantitative estimate of drug-likeness (QED) is 0.0684. The van der Waals surface area contributed by atoms with Gasteiger partial charge in [0.15, 0.2) is 0 Å². The van der Waals surface area contributed by atoms with E-state index in [0.717, 1.165) is 45.6 Å². The van der Waals surface area contributed by atoms with Gasteiger partial charge in [0.05, 0.1) is 28.8 Å². The summed E-state index contributed by atoms with van der Waals surface area (Å²) in [5, 5.41) is 48.9. The van der Waals surface area contributed by atoms with Crippen LogP contribution >= 0.6 is 0 Å². The number of fused-ring (bicyclic) bond motifs is 3. The number of allylic oxidation sites excluding steroid dienone is 4. The van der Waals surface area contributed by atoms with Gasteiger partial charge in [-0.2, -0.15) is 0 Å². The number of amides is 1. The molecule has 1 aliphatic carbocycles. The van der Waals surface area contributed by atoms with Crippen molar-refractivity contribution in [2.45, 2.75) is 86.9 Å². The molecule has 3 atom stereocenters. The molecule has 2 aliphatic rings. The van der Waals surface area contributed by atoms with E-state index < -0.39 is 52.5 Å². The lowest BCUT2D eigenvalue weighted by Gasteiger charge is -2.22. The number of phenols is 3. The number of nitrogens with one attached hydrogen (secondary N) is 1. The maximum atomic E-state index is 13.9. The average molecular weight is 767 g/mol. The number of hydrogen-bond donors (Lipinski definition) is 6. The third kappa shape index (κ3) is 11.8. The van der Waals surface area contributed by atoms with Crippen LogP contribution in [0.3, 0.4) is 0 Å². The molecule has 0 spiro atoms. The van der Waals surface area contributed by atoms with Gasteiger partial charge in [0.1, 0.15) is 34.5 Å². The van der Waals surface area contributed by atoms with Crippen molar-refractivity contribution in [1.82, 2.24) is 5.32 Å². The summed E-state index contributed by atoms with van der Waals surface area (Å²) in [6.07, 6.45) is 16.8. The van der Waals surface area contributed by atoms with Crippen LogP contribution in [0.4, 0.5) is 10.1 Å². The van der Waals surface area contributed by atoms with Crippen molar-refractivity contribution in [3.8, 4) is 35.8 Å². The predicted octanol–water partition coefficient (Wildman–Crippen LogP) is 7.31. The van der Waals surface area contributed by atoms with Crippen LogP contribution in [0.2, 0.25) is 0 Å². The van der Waals surface area contributed by atoms with Gasteiger partial charge in [-0.1, -0.05) is 47.1 Å². The standard InChI is InChI=1S/C38H45FN2O8.C2H2.2CH4O/c1-8-20(4)12-11-14-22(6)37(47)41-26-18-25(40-32-27(42)16-24(39)17-28(32)43)29-30(34(26)45)33(44)23(7)36-31(29)35(46)38(49-36)48-15-10-9-13-21(5)19(2)3;3*1-2/h10,14-21,38,42-44H,8-9,11-13H2,1-7H3,(H,41,47);1-2H;2*2H,1H3/b15-10+,22-14-,40-25?;;;/t20-,21-,38+;;;/m1.../s1. The number of carbonyl (C=O) groups excluding carboxylic acids is 3. The first-order valence-electron chi connectivity index (χ1n) is 17.8. The second kappa shape index (κ2) is 22.7. The molecule has 6 N–H and O–H groups in total. The Morgan fingerprint density at radius 3 is 2.16 bits per heavy atom. The lowest BCUT2D eigenvalue weighted by molar-refractivity contribution is -0.116. The van der Waals surface area contributed by atoms with Crippen molar-refractivity contribution >= 4 is 28.9 Å². The Morgan fingerprint density at radius 2 is 1.60 bits per heavy atom. The van der Waals surface area contributed by atoms with Gasteiger partial charge in [-0.25, -0.2) is 9.38 Å². The lowest BCUT2D eigenvalue weighted by Crippen LogP contribution is -2.33. The molecule has 300 valence electrons. The zero-order chi connectivity index (χ0) is 42.2. The first kappa shape index (κ1) is 47.6. The van der Waals surface area contributed by atoms with Gasteiger partial charge in [-0.15, -0.1) is 12.8 Å². The topological polar surface area (TPSA) is 195 Å². The fourth-order valence-corrected chi connectivity index (χ4v) is 5.45. The van der Waals surface area contributed by atoms with Crippen LogP contribution in [-0.2, 0) is 9.53 Å². The number of aromatic hydroxyl groups is 3. The van der Waals surface area contributed by atoms with Gasteiger partial charge < -0.3 is 40.3 Å². The van der Waals surface area contributed by atoms with E-state index in [0.29, 0.717) is 36.2 Å². The predicted molar refractivity (Wildman–Crippen MR) is 210 cm³/mol. The van der Waals surface area contributed by atoms with Crippen LogP contribution in [0.15, 0.2) is 52.9 Å². The van der Waals surface area contributed by atoms with Crippen LogP contribution in [0.1, 0.15) is 105 Å². The molecule has 55 heavy (non-hydrogen) atoms. The van der Waals surface area contributed by atoms with Crippen LogP contribution in [-0.4, -0.2) is 69.2 Å². The highest BCUT2D eigenvalue weighted by molar-refractivity contribution is 6.32. The number of rotatable bonds is 13. The molecule has 0 bridgehead atoms. The highest BCUT2D eigenvalue weighted by Crippen LogP contribution is 2.46. The number of terminal acetylenes is 1. The molecule has 2 aromatic rings. The lowest BCUT2D eigenvalue weighted by atomic mass is 9.84. The molecule has 1 heterocycles. The zero-order valence-corrected chi connectivity index (χ0v) is 33.1. The van der Waals surface area contributed by atoms with Crippen molar-refractivity contribution in [2.75, 3.05) is 14.2 Å². The summed E-state index contributed by atoms with van der Waals surface area (Å²) in [5.74, 6) is -3.50. The molecule has 2 aromatic carbocycles. The van der Waals surface area contributed by atoms with E-state index in [4.69, 9.17) is 19.7 Å². The number of phenolic OH excluding ortho intramolecular Hbond substituents is 3. The van der Waals surface area contributed by atoms with Gasteiger partial charge in [0.2, 0.25) is 11.6 Å². The van der Waals surface area contributed by atoms with Crippen LogP contribution < -0.4 is 10.1 Å². The van der Waals surface area contributed by atoms with Gasteiger partial charge in [-0.05, 0) is 69.4 Å². The fourth-order valence-electron chi connectivity index (χ4n) is 5.45. The van der Waals surface area contributed by atoms with E-state index in [2.05, 4.69) is 57.8 Å². The van der Waals surface area contributed by atoms with E-state index >= 15 is 0 Å². The minimum absolute atomic E-state index is 0.0397. The second-order valence-electron chi connectivity index (χ2n) is 13.2. The number of aliphatic hydroxyl groups is 2. The number of aliphatic hydroxyl groups excluding tert-OH is 2. The highest BCUT2D eigenvalue weighted by Gasteiger charge is 2.44. The number of hydrogen-bond acceptors (Lipinski definition) is 11. The van der Waals surface area contributed by atoms with Crippen molar-refractivity contribution in [3.05, 3.63) is 76.0 Å². The molecule has 12 nitrogen and oxygen atoms in total. The summed E-state index contributed by atoms with van der Waals surface area (Å²) in [6.45, 7) is 13.7. The average Bonchev–Trinajstić information content (AvgIpc) is 3.50. The molecule has 0 saturated carbocycles. The Balaban J connectivity index is 0.00000240. The largest absolute Gasteiger partial charge is 0.507 e. The minimum atomic E-state index is -1.43. The second-order valence-corrected chi connectivity index (χ2v) is 13.2. The number of aliphatic imine (C=N–C) groups is 1. The van der Waals surface area contributed by atoms with Crippen LogP contribution in [0.25, 0.3) is 0 Å². The van der Waals surface area contributed by atoms with Crippen LogP contribution in [0, 0.1) is 43.3 Å². The third-order valence-corrected chi connectivity index (χ3v) is 9.26. The Morgan fingerprint density at radius 1 is 1.00 bits per heavy atom. The van der Waals surface area contributed by atoms with Crippen molar-refractivity contribution in [2.24, 2.45) is 22.7 Å². The summed E-state index contributed by atoms with van der Waals surface area (Å²) >= 11 is 0. The van der Waals surface area contributed by atoms with Crippen molar-refractivity contribution in [3.63, 3.8) is 0 Å². The molecule has 0 fully saturated rings. The Bertz CT molecular complexity index is 1800. The van der Waals surface area contributed by atoms with Crippen LogP contribution in [0.5, 0.6) is 23.0 Å². The number of halogens is 1. The number of carbonyl (C=O) groups is 3. The van der Waals surface area contributed by atoms with E-state index in [1.807, 2.05) is 0 Å². The van der Waals surface area contributed by atoms with E-state index in [9.17, 15) is 34.1 Å². The zero-order valence-electron chi connectivity index (χ0n) is 33.1. The minimum Gasteiger partial charge on any atom is -0.507 e. The summed E-state index contributed by atoms with van der Waals surface area (Å²) in [5.41, 5.74) is -1.11. The summed E-state index contributed by atoms with van der Waals surface area (Å²) in [6, 6.07) is 1.47. The Hall–Kier alpha value is -5.45. The Kier molecular flexibility index (Phi) is 19.6. The summed E-state index contributed by atoms with van der Waals surface area (Å²) in [4.78, 5) is 45.3. The molecule has 0 radical (unpaired) electrons. The number of ketones is 2. The molecule has 13 heteroatoms. The SMILES string of the molecule is C#C.CC[C@@H](C)CC/C=C(/C)C(=O)NC1=CC(=Nc2c(O)cc(F)cc2O)c2c(c(O)c(C)c3c2C(=O)[C@@H](O/C=C/CC[C@@H](C)C(C)C)O3)C1=O.CO.CO. The normalized spacial score (nSPS) is 16.3. The monoisotopic (exact) mass is 766 g/mol. The summed E-state index contributed by atoms with van der Waals surface area (Å²) in [7, 11) is 2.00. The number of Topliss-reactive ketones (excluding diaryl/α,β-unsaturated/α-hetero) is 2. The van der Waals surface area contributed by atoms with E-state index in [1.54, 1.807) is 19.1 Å². The van der Waals surface area contributed by atoms with Gasteiger partial charge >= 0.3 is 6.29 Å². The highest BCUT2D eigenvalue weighted by atomic mass is 19.1. The number of benzene rings is 2. The van der Waals surface area contributed by atoms with Crippen molar-refractivity contribution in [1.29, 1.82) is 0 Å².